The first kappa shape index (κ1) is 12.6. The molecule has 0 atom stereocenters. The van der Waals surface area contributed by atoms with Gasteiger partial charge in [0.2, 0.25) is 0 Å². The van der Waals surface area contributed by atoms with E-state index in [1.807, 2.05) is 12.1 Å². The molecule has 4 rings (SSSR count). The predicted octanol–water partition coefficient (Wildman–Crippen LogP) is 3.21. The Morgan fingerprint density at radius 3 is 2.76 bits per heavy atom. The van der Waals surface area contributed by atoms with Gasteiger partial charge in [0.25, 0.3) is 0 Å². The molecule has 21 heavy (non-hydrogen) atoms. The third-order valence-corrected chi connectivity index (χ3v) is 3.93. The number of hydrogen-bond donors (Lipinski definition) is 1. The van der Waals surface area contributed by atoms with E-state index < -0.39 is 11.9 Å². The summed E-state index contributed by atoms with van der Waals surface area (Å²) in [6.45, 7) is 0.253. The van der Waals surface area contributed by atoms with Crippen LogP contribution in [0.1, 0.15) is 12.8 Å². The second-order valence-electron chi connectivity index (χ2n) is 5.47. The minimum atomic E-state index is -4.31. The molecule has 1 aromatic carbocycles. The maximum absolute atomic E-state index is 13.1. The number of allylic oxidation sites excluding steroid dienone is 1. The van der Waals surface area contributed by atoms with Crippen LogP contribution in [0.3, 0.4) is 0 Å². The highest BCUT2D eigenvalue weighted by Crippen LogP contribution is 2.41. The summed E-state index contributed by atoms with van der Waals surface area (Å²) in [4.78, 5) is 3.10. The molecule has 1 aromatic heterocycles. The molecule has 0 bridgehead atoms. The van der Waals surface area contributed by atoms with Gasteiger partial charge in [0, 0.05) is 23.3 Å². The van der Waals surface area contributed by atoms with Crippen molar-refractivity contribution in [2.75, 3.05) is 11.6 Å². The van der Waals surface area contributed by atoms with Crippen molar-refractivity contribution >= 4 is 16.6 Å². The van der Waals surface area contributed by atoms with Crippen LogP contribution in [0.2, 0.25) is 0 Å². The second-order valence-corrected chi connectivity index (χ2v) is 5.47. The number of fused-ring (bicyclic) bond motifs is 1. The van der Waals surface area contributed by atoms with Gasteiger partial charge in [0.15, 0.2) is 0 Å². The van der Waals surface area contributed by atoms with Gasteiger partial charge < -0.3 is 9.80 Å². The molecular formula is C14H13F3N4. The summed E-state index contributed by atoms with van der Waals surface area (Å²) in [5, 5.41) is 7.65. The summed E-state index contributed by atoms with van der Waals surface area (Å²) in [6.07, 6.45) is 0.239. The van der Waals surface area contributed by atoms with Gasteiger partial charge in [-0.1, -0.05) is 0 Å². The maximum Gasteiger partial charge on any atom is 0.432 e. The van der Waals surface area contributed by atoms with Crippen LogP contribution in [0.15, 0.2) is 36.3 Å². The Morgan fingerprint density at radius 1 is 1.24 bits per heavy atom. The van der Waals surface area contributed by atoms with E-state index in [2.05, 4.69) is 10.2 Å². The average molecular weight is 294 g/mol. The van der Waals surface area contributed by atoms with E-state index in [9.17, 15) is 13.2 Å². The van der Waals surface area contributed by atoms with Crippen molar-refractivity contribution in [1.82, 2.24) is 15.1 Å². The number of halogens is 3. The lowest BCUT2D eigenvalue weighted by molar-refractivity contribution is -0.110. The topological polar surface area (TPSA) is 35.2 Å². The van der Waals surface area contributed by atoms with Crippen LogP contribution in [-0.2, 0) is 0 Å². The molecule has 1 aliphatic carbocycles. The Hall–Kier alpha value is -2.18. The van der Waals surface area contributed by atoms with E-state index in [1.54, 1.807) is 17.2 Å². The molecule has 2 heterocycles. The van der Waals surface area contributed by atoms with Crippen LogP contribution in [0.4, 0.5) is 18.9 Å². The van der Waals surface area contributed by atoms with Gasteiger partial charge in [-0.15, -0.1) is 0 Å². The van der Waals surface area contributed by atoms with Crippen LogP contribution >= 0.6 is 0 Å². The number of anilines is 1. The summed E-state index contributed by atoms with van der Waals surface area (Å²) >= 11 is 0. The van der Waals surface area contributed by atoms with Crippen molar-refractivity contribution in [3.05, 3.63) is 36.3 Å². The van der Waals surface area contributed by atoms with Crippen LogP contribution in [0.5, 0.6) is 0 Å². The summed E-state index contributed by atoms with van der Waals surface area (Å²) < 4.78 is 39.4. The number of H-pyrrole nitrogens is 1. The van der Waals surface area contributed by atoms with Crippen molar-refractivity contribution in [3.8, 4) is 0 Å². The number of nitrogens with zero attached hydrogens (tertiary/aromatic N) is 3. The van der Waals surface area contributed by atoms with E-state index in [4.69, 9.17) is 0 Å². The molecule has 7 heteroatoms. The smallest absolute Gasteiger partial charge is 0.345 e. The van der Waals surface area contributed by atoms with Crippen molar-refractivity contribution in [2.45, 2.75) is 25.1 Å². The van der Waals surface area contributed by atoms with E-state index >= 15 is 0 Å². The fourth-order valence-electron chi connectivity index (χ4n) is 2.70. The fourth-order valence-corrected chi connectivity index (χ4v) is 2.70. The lowest BCUT2D eigenvalue weighted by atomic mass is 10.2. The fraction of sp³-hybridized carbons (Fsp3) is 0.357. The lowest BCUT2D eigenvalue weighted by Crippen LogP contribution is -2.33. The van der Waals surface area contributed by atoms with Crippen molar-refractivity contribution in [1.29, 1.82) is 0 Å². The first-order valence-electron chi connectivity index (χ1n) is 6.78. The highest BCUT2D eigenvalue weighted by Gasteiger charge is 2.46. The molecule has 0 unspecified atom stereocenters. The Kier molecular flexibility index (Phi) is 2.49. The van der Waals surface area contributed by atoms with Gasteiger partial charge in [-0.2, -0.15) is 18.3 Å². The molecule has 2 aliphatic rings. The van der Waals surface area contributed by atoms with Crippen molar-refractivity contribution < 1.29 is 13.2 Å². The molecule has 0 radical (unpaired) electrons. The van der Waals surface area contributed by atoms with E-state index in [-0.39, 0.29) is 12.7 Å². The highest BCUT2D eigenvalue weighted by molar-refractivity contribution is 5.82. The van der Waals surface area contributed by atoms with Gasteiger partial charge in [-0.05, 0) is 31.0 Å². The standard InChI is InChI=1S/C14H13F3N4/c15-14(16,17)13-7-20(8-21(13)10-1-2-10)11-3-4-12-9(5-11)6-18-19-12/h3-7,10H,1-2,8H2,(H,18,19). The van der Waals surface area contributed by atoms with E-state index in [1.165, 1.54) is 11.1 Å². The molecular weight excluding hydrogens is 281 g/mol. The van der Waals surface area contributed by atoms with Gasteiger partial charge in [0.05, 0.1) is 18.4 Å². The Balaban J connectivity index is 1.70. The van der Waals surface area contributed by atoms with Crippen LogP contribution in [0.25, 0.3) is 10.9 Å². The molecule has 1 fully saturated rings. The first-order valence-corrected chi connectivity index (χ1v) is 6.78. The molecule has 1 aliphatic heterocycles. The van der Waals surface area contributed by atoms with Crippen molar-refractivity contribution in [3.63, 3.8) is 0 Å². The normalized spacial score (nSPS) is 19.5. The van der Waals surface area contributed by atoms with Gasteiger partial charge in [-0.25, -0.2) is 0 Å². The van der Waals surface area contributed by atoms with Gasteiger partial charge >= 0.3 is 6.18 Å². The molecule has 2 aromatic rings. The second kappa shape index (κ2) is 4.16. The number of aromatic amines is 1. The zero-order valence-corrected chi connectivity index (χ0v) is 11.1. The van der Waals surface area contributed by atoms with E-state index in [0.717, 1.165) is 29.4 Å². The van der Waals surface area contributed by atoms with Crippen LogP contribution < -0.4 is 4.90 Å². The van der Waals surface area contributed by atoms with E-state index in [0.29, 0.717) is 0 Å². The Bertz CT molecular complexity index is 714. The zero-order valence-electron chi connectivity index (χ0n) is 11.1. The van der Waals surface area contributed by atoms with Crippen LogP contribution in [0, 0.1) is 0 Å². The van der Waals surface area contributed by atoms with Gasteiger partial charge in [-0.3, -0.25) is 5.10 Å². The summed E-state index contributed by atoms with van der Waals surface area (Å²) in [5.74, 6) is 0. The molecule has 1 saturated carbocycles. The average Bonchev–Trinajstić information content (AvgIpc) is 3.01. The Morgan fingerprint density at radius 2 is 2.05 bits per heavy atom. The number of aromatic nitrogens is 2. The number of benzene rings is 1. The molecule has 0 spiro atoms. The predicted molar refractivity (Wildman–Crippen MR) is 72.4 cm³/mol. The van der Waals surface area contributed by atoms with Gasteiger partial charge in [0.1, 0.15) is 5.70 Å². The highest BCUT2D eigenvalue weighted by atomic mass is 19.4. The summed E-state index contributed by atoms with van der Waals surface area (Å²) in [5.41, 5.74) is 1.07. The number of hydrogen-bond acceptors (Lipinski definition) is 3. The molecule has 4 nitrogen and oxygen atoms in total. The maximum atomic E-state index is 13.1. The number of alkyl halides is 3. The number of nitrogens with one attached hydrogen (secondary N) is 1. The minimum Gasteiger partial charge on any atom is -0.345 e. The molecule has 0 saturated heterocycles. The zero-order chi connectivity index (χ0) is 14.6. The molecule has 0 amide bonds. The lowest BCUT2D eigenvalue weighted by Gasteiger charge is -2.24. The van der Waals surface area contributed by atoms with Crippen LogP contribution in [-0.4, -0.2) is 34.0 Å². The summed E-state index contributed by atoms with van der Waals surface area (Å²) in [7, 11) is 0. The molecule has 110 valence electrons. The third kappa shape index (κ3) is 2.12. The minimum absolute atomic E-state index is 0.0283. The Labute approximate surface area is 118 Å². The monoisotopic (exact) mass is 294 g/mol. The third-order valence-electron chi connectivity index (χ3n) is 3.93. The molecule has 1 N–H and O–H groups in total. The SMILES string of the molecule is FC(F)(F)C1=CN(c2ccc3[nH]ncc3c2)CN1C1CC1. The largest absolute Gasteiger partial charge is 0.432 e. The van der Waals surface area contributed by atoms with Crippen molar-refractivity contribution in [2.24, 2.45) is 0 Å². The first-order chi connectivity index (χ1) is 10.0. The quantitative estimate of drug-likeness (QED) is 0.923. The summed E-state index contributed by atoms with van der Waals surface area (Å²) in [6, 6.07) is 5.51. The number of rotatable bonds is 2.